The van der Waals surface area contributed by atoms with Gasteiger partial charge < -0.3 is 14.4 Å². The molecule has 1 amide bonds. The molecule has 0 radical (unpaired) electrons. The molecule has 0 saturated carbocycles. The Morgan fingerprint density at radius 3 is 2.28 bits per heavy atom. The highest BCUT2D eigenvalue weighted by Gasteiger charge is 2.20. The molecule has 0 aliphatic rings. The monoisotopic (exact) mass is 428 g/mol. The highest BCUT2D eigenvalue weighted by Crippen LogP contribution is 2.26. The van der Waals surface area contributed by atoms with Crippen LogP contribution in [0.25, 0.3) is 0 Å². The molecule has 6 heteroatoms. The maximum atomic E-state index is 12.9. The van der Waals surface area contributed by atoms with Gasteiger partial charge in [0.1, 0.15) is 17.1 Å². The van der Waals surface area contributed by atoms with Crippen molar-refractivity contribution in [2.24, 2.45) is 0 Å². The van der Waals surface area contributed by atoms with Crippen molar-refractivity contribution in [3.05, 3.63) is 89.5 Å². The van der Waals surface area contributed by atoms with Crippen molar-refractivity contribution in [3.8, 4) is 17.6 Å². The molecule has 162 valence electrons. The van der Waals surface area contributed by atoms with Gasteiger partial charge in [0, 0.05) is 12.2 Å². The number of nitrogens with zero attached hydrogens (tertiary/aromatic N) is 2. The van der Waals surface area contributed by atoms with Gasteiger partial charge in [0.15, 0.2) is 6.61 Å². The van der Waals surface area contributed by atoms with Crippen LogP contribution in [-0.2, 0) is 9.53 Å². The number of nitriles is 1. The van der Waals surface area contributed by atoms with Crippen molar-refractivity contribution in [1.82, 2.24) is 0 Å². The molecule has 6 nitrogen and oxygen atoms in total. The summed E-state index contributed by atoms with van der Waals surface area (Å²) in [7, 11) is 0. The standard InChI is InChI=1S/C26H24N2O4/c1-19-15-20(2)17-21(16-19)28(14-8-13-27)25(29)18-31-26(30)23-11-6-7-12-24(23)32-22-9-4-3-5-10-22/h3-7,9-12,15-17H,8,14,18H2,1-2H3. The van der Waals surface area contributed by atoms with Gasteiger partial charge in [-0.05, 0) is 61.4 Å². The Morgan fingerprint density at radius 2 is 1.59 bits per heavy atom. The summed E-state index contributed by atoms with van der Waals surface area (Å²) in [5.41, 5.74) is 2.89. The number of benzene rings is 3. The fourth-order valence-corrected chi connectivity index (χ4v) is 3.29. The van der Waals surface area contributed by atoms with E-state index < -0.39 is 18.5 Å². The van der Waals surface area contributed by atoms with E-state index in [1.807, 2.05) is 50.2 Å². The van der Waals surface area contributed by atoms with Crippen LogP contribution >= 0.6 is 0 Å². The van der Waals surface area contributed by atoms with Gasteiger partial charge >= 0.3 is 5.97 Å². The molecule has 0 bridgehead atoms. The van der Waals surface area contributed by atoms with E-state index in [2.05, 4.69) is 6.07 Å². The Morgan fingerprint density at radius 1 is 0.938 bits per heavy atom. The van der Waals surface area contributed by atoms with E-state index in [-0.39, 0.29) is 18.5 Å². The van der Waals surface area contributed by atoms with E-state index in [4.69, 9.17) is 14.7 Å². The predicted octanol–water partition coefficient (Wildman–Crippen LogP) is 5.20. The van der Waals surface area contributed by atoms with E-state index in [1.54, 1.807) is 36.4 Å². The molecule has 3 rings (SSSR count). The van der Waals surface area contributed by atoms with E-state index >= 15 is 0 Å². The fraction of sp³-hybridized carbons (Fsp3) is 0.192. The van der Waals surface area contributed by atoms with Gasteiger partial charge in [-0.3, -0.25) is 4.79 Å². The summed E-state index contributed by atoms with van der Waals surface area (Å²) in [5, 5.41) is 8.98. The van der Waals surface area contributed by atoms with Crippen molar-refractivity contribution >= 4 is 17.6 Å². The molecule has 0 spiro atoms. The van der Waals surface area contributed by atoms with Gasteiger partial charge in [-0.15, -0.1) is 0 Å². The predicted molar refractivity (Wildman–Crippen MR) is 122 cm³/mol. The molecule has 0 N–H and O–H groups in total. The van der Waals surface area contributed by atoms with Crippen LogP contribution in [0.15, 0.2) is 72.8 Å². The molecule has 0 aliphatic carbocycles. The number of hydrogen-bond donors (Lipinski definition) is 0. The van der Waals surface area contributed by atoms with E-state index in [0.29, 0.717) is 17.2 Å². The van der Waals surface area contributed by atoms with Crippen molar-refractivity contribution in [1.29, 1.82) is 5.26 Å². The van der Waals surface area contributed by atoms with Gasteiger partial charge in [0.2, 0.25) is 0 Å². The topological polar surface area (TPSA) is 79.6 Å². The number of hydrogen-bond acceptors (Lipinski definition) is 5. The fourth-order valence-electron chi connectivity index (χ4n) is 3.29. The molecular weight excluding hydrogens is 404 g/mol. The Hall–Kier alpha value is -4.11. The third-order valence-electron chi connectivity index (χ3n) is 4.67. The quantitative estimate of drug-likeness (QED) is 0.461. The van der Waals surface area contributed by atoms with Crippen molar-refractivity contribution < 1.29 is 19.1 Å². The van der Waals surface area contributed by atoms with Crippen LogP contribution in [-0.4, -0.2) is 25.0 Å². The lowest BCUT2D eigenvalue weighted by Gasteiger charge is -2.22. The van der Waals surface area contributed by atoms with Gasteiger partial charge in [0.25, 0.3) is 5.91 Å². The zero-order valence-electron chi connectivity index (χ0n) is 18.1. The molecule has 0 atom stereocenters. The van der Waals surface area contributed by atoms with Crippen LogP contribution in [0.3, 0.4) is 0 Å². The number of aryl methyl sites for hydroxylation is 2. The van der Waals surface area contributed by atoms with E-state index in [9.17, 15) is 9.59 Å². The van der Waals surface area contributed by atoms with Gasteiger partial charge in [-0.1, -0.05) is 36.4 Å². The van der Waals surface area contributed by atoms with Gasteiger partial charge in [0.05, 0.1) is 12.5 Å². The number of anilines is 1. The van der Waals surface area contributed by atoms with Gasteiger partial charge in [-0.2, -0.15) is 5.26 Å². The summed E-state index contributed by atoms with van der Waals surface area (Å²) in [6, 6.07) is 23.6. The number of amides is 1. The van der Waals surface area contributed by atoms with E-state index in [1.165, 1.54) is 4.90 Å². The lowest BCUT2D eigenvalue weighted by Crippen LogP contribution is -2.35. The summed E-state index contributed by atoms with van der Waals surface area (Å²) >= 11 is 0. The highest BCUT2D eigenvalue weighted by atomic mass is 16.5. The molecule has 32 heavy (non-hydrogen) atoms. The highest BCUT2D eigenvalue weighted by molar-refractivity contribution is 5.98. The summed E-state index contributed by atoms with van der Waals surface area (Å²) in [6.07, 6.45) is 0.167. The summed E-state index contributed by atoms with van der Waals surface area (Å²) in [6.45, 7) is 3.64. The third kappa shape index (κ3) is 5.96. The Bertz CT molecular complexity index is 1120. The molecule has 0 aromatic heterocycles. The Kier molecular flexibility index (Phi) is 7.60. The third-order valence-corrected chi connectivity index (χ3v) is 4.67. The minimum atomic E-state index is -0.662. The normalized spacial score (nSPS) is 10.2. The number of carbonyl (C=O) groups is 2. The molecule has 3 aromatic rings. The first-order chi connectivity index (χ1) is 15.5. The lowest BCUT2D eigenvalue weighted by molar-refractivity contribution is -0.121. The van der Waals surface area contributed by atoms with Crippen LogP contribution in [0.2, 0.25) is 0 Å². The molecule has 0 saturated heterocycles. The van der Waals surface area contributed by atoms with Crippen molar-refractivity contribution in [2.45, 2.75) is 20.3 Å². The summed E-state index contributed by atoms with van der Waals surface area (Å²) in [4.78, 5) is 27.1. The SMILES string of the molecule is Cc1cc(C)cc(N(CCC#N)C(=O)COC(=O)c2ccccc2Oc2ccccc2)c1. The first-order valence-corrected chi connectivity index (χ1v) is 10.2. The minimum Gasteiger partial charge on any atom is -0.456 e. The largest absolute Gasteiger partial charge is 0.456 e. The Balaban J connectivity index is 1.73. The minimum absolute atomic E-state index is 0.167. The maximum Gasteiger partial charge on any atom is 0.342 e. The number of ether oxygens (including phenoxy) is 2. The average molecular weight is 428 g/mol. The molecule has 0 fully saturated rings. The Labute approximate surface area is 187 Å². The molecule has 0 aliphatic heterocycles. The second kappa shape index (κ2) is 10.8. The lowest BCUT2D eigenvalue weighted by atomic mass is 10.1. The van der Waals surface area contributed by atoms with Crippen LogP contribution in [0.1, 0.15) is 27.9 Å². The first kappa shape index (κ1) is 22.6. The van der Waals surface area contributed by atoms with Crippen LogP contribution < -0.4 is 9.64 Å². The average Bonchev–Trinajstić information content (AvgIpc) is 2.78. The molecule has 0 heterocycles. The van der Waals surface area contributed by atoms with Crippen LogP contribution in [0.4, 0.5) is 5.69 Å². The van der Waals surface area contributed by atoms with Crippen LogP contribution in [0, 0.1) is 25.2 Å². The van der Waals surface area contributed by atoms with E-state index in [0.717, 1.165) is 11.1 Å². The zero-order valence-corrected chi connectivity index (χ0v) is 18.1. The van der Waals surface area contributed by atoms with Gasteiger partial charge in [-0.25, -0.2) is 4.79 Å². The number of rotatable bonds is 8. The van der Waals surface area contributed by atoms with Crippen LogP contribution in [0.5, 0.6) is 11.5 Å². The number of carbonyl (C=O) groups excluding carboxylic acids is 2. The molecular formula is C26H24N2O4. The number of para-hydroxylation sites is 2. The molecule has 0 unspecified atom stereocenters. The summed E-state index contributed by atoms with van der Waals surface area (Å²) < 4.78 is 11.1. The second-order valence-corrected chi connectivity index (χ2v) is 7.29. The number of esters is 1. The van der Waals surface area contributed by atoms with Crippen molar-refractivity contribution in [3.63, 3.8) is 0 Å². The second-order valence-electron chi connectivity index (χ2n) is 7.29. The zero-order chi connectivity index (χ0) is 22.9. The summed E-state index contributed by atoms with van der Waals surface area (Å²) in [5.74, 6) is -0.140. The maximum absolute atomic E-state index is 12.9. The van der Waals surface area contributed by atoms with Crippen molar-refractivity contribution in [2.75, 3.05) is 18.1 Å². The first-order valence-electron chi connectivity index (χ1n) is 10.2. The smallest absolute Gasteiger partial charge is 0.342 e. The molecule has 3 aromatic carbocycles.